The second kappa shape index (κ2) is 3.72. The van der Waals surface area contributed by atoms with Crippen LogP contribution in [0.2, 0.25) is 0 Å². The first-order chi connectivity index (χ1) is 7.63. The normalized spacial score (nSPS) is 49.4. The highest BCUT2D eigenvalue weighted by atomic mass is 79.9. The average molecular weight is 287 g/mol. The van der Waals surface area contributed by atoms with Gasteiger partial charge in [0.2, 0.25) is 0 Å². The fraction of sp³-hybridized carbons (Fsp3) is 0.923. The maximum Gasteiger partial charge on any atom is 0.317 e. The Labute approximate surface area is 105 Å². The second-order valence-electron chi connectivity index (χ2n) is 6.07. The van der Waals surface area contributed by atoms with Gasteiger partial charge in [-0.25, -0.2) is 0 Å². The predicted octanol–water partition coefficient (Wildman–Crippen LogP) is 3.14. The smallest absolute Gasteiger partial charge is 0.317 e. The van der Waals surface area contributed by atoms with Gasteiger partial charge in [0.15, 0.2) is 0 Å². The van der Waals surface area contributed by atoms with Crippen molar-refractivity contribution < 1.29 is 9.53 Å². The van der Waals surface area contributed by atoms with E-state index in [0.29, 0.717) is 11.2 Å². The molecule has 4 aliphatic carbocycles. The molecule has 3 unspecified atom stereocenters. The molecule has 16 heavy (non-hydrogen) atoms. The summed E-state index contributed by atoms with van der Waals surface area (Å²) in [5, 5.41) is 0.335. The van der Waals surface area contributed by atoms with E-state index in [2.05, 4.69) is 22.9 Å². The Bertz CT molecular complexity index is 301. The third-order valence-corrected chi connectivity index (χ3v) is 5.63. The van der Waals surface area contributed by atoms with E-state index < -0.39 is 0 Å². The molecule has 4 fully saturated rings. The molecule has 0 spiro atoms. The highest BCUT2D eigenvalue weighted by Crippen LogP contribution is 2.59. The van der Waals surface area contributed by atoms with Crippen LogP contribution in [0.5, 0.6) is 0 Å². The summed E-state index contributed by atoms with van der Waals surface area (Å²) in [4.78, 5) is 11.6. The van der Waals surface area contributed by atoms with Crippen LogP contribution in [0.3, 0.4) is 0 Å². The molecule has 90 valence electrons. The van der Waals surface area contributed by atoms with Crippen molar-refractivity contribution in [2.75, 3.05) is 5.33 Å². The summed E-state index contributed by atoms with van der Waals surface area (Å²) in [5.74, 6) is 2.97. The largest absolute Gasteiger partial charge is 0.458 e. The van der Waals surface area contributed by atoms with E-state index in [0.717, 1.165) is 30.6 Å². The molecular formula is C13H19BrO2. The quantitative estimate of drug-likeness (QED) is 0.576. The number of rotatable bonds is 2. The van der Waals surface area contributed by atoms with Crippen molar-refractivity contribution >= 4 is 21.9 Å². The zero-order valence-electron chi connectivity index (χ0n) is 9.75. The summed E-state index contributed by atoms with van der Waals surface area (Å²) < 4.78 is 5.83. The van der Waals surface area contributed by atoms with Gasteiger partial charge in [-0.1, -0.05) is 22.9 Å². The number of carbonyl (C=O) groups is 1. The van der Waals surface area contributed by atoms with E-state index >= 15 is 0 Å². The van der Waals surface area contributed by atoms with Gasteiger partial charge in [-0.15, -0.1) is 0 Å². The Morgan fingerprint density at radius 1 is 1.31 bits per heavy atom. The molecule has 4 bridgehead atoms. The highest BCUT2D eigenvalue weighted by molar-refractivity contribution is 9.09. The number of hydrogen-bond donors (Lipinski definition) is 0. The molecule has 0 aromatic rings. The van der Waals surface area contributed by atoms with E-state index in [9.17, 15) is 4.79 Å². The van der Waals surface area contributed by atoms with Gasteiger partial charge >= 0.3 is 5.97 Å². The zero-order valence-corrected chi connectivity index (χ0v) is 11.3. The lowest BCUT2D eigenvalue weighted by Crippen LogP contribution is -2.58. The lowest BCUT2D eigenvalue weighted by Gasteiger charge is -2.59. The van der Waals surface area contributed by atoms with E-state index in [1.54, 1.807) is 0 Å². The van der Waals surface area contributed by atoms with Crippen molar-refractivity contribution in [3.63, 3.8) is 0 Å². The highest BCUT2D eigenvalue weighted by Gasteiger charge is 2.57. The Kier molecular flexibility index (Phi) is 2.58. The van der Waals surface area contributed by atoms with Crippen molar-refractivity contribution in [3.8, 4) is 0 Å². The number of ether oxygens (including phenoxy) is 1. The summed E-state index contributed by atoms with van der Waals surface area (Å²) in [6, 6.07) is 0. The van der Waals surface area contributed by atoms with Crippen LogP contribution in [-0.2, 0) is 9.53 Å². The number of halogens is 1. The second-order valence-corrected chi connectivity index (χ2v) is 6.63. The Balaban J connectivity index is 1.85. The van der Waals surface area contributed by atoms with Gasteiger partial charge in [-0.3, -0.25) is 4.79 Å². The molecule has 0 heterocycles. The number of carbonyl (C=O) groups excluding carboxylic acids is 1. The average Bonchev–Trinajstić information content (AvgIpc) is 2.24. The van der Waals surface area contributed by atoms with E-state index in [-0.39, 0.29) is 11.6 Å². The lowest BCUT2D eigenvalue weighted by molar-refractivity contribution is -0.202. The van der Waals surface area contributed by atoms with Gasteiger partial charge in [0.05, 0.1) is 0 Å². The maximum atomic E-state index is 11.6. The van der Waals surface area contributed by atoms with Crippen LogP contribution in [0.4, 0.5) is 0 Å². The van der Waals surface area contributed by atoms with E-state index in [4.69, 9.17) is 4.74 Å². The van der Waals surface area contributed by atoms with Crippen LogP contribution in [0.25, 0.3) is 0 Å². The summed E-state index contributed by atoms with van der Waals surface area (Å²) in [7, 11) is 0. The van der Waals surface area contributed by atoms with E-state index in [1.807, 2.05) is 0 Å². The number of alkyl halides is 1. The first kappa shape index (κ1) is 11.1. The fourth-order valence-electron chi connectivity index (χ4n) is 4.65. The molecule has 0 radical (unpaired) electrons. The summed E-state index contributed by atoms with van der Waals surface area (Å²) >= 11 is 3.20. The third kappa shape index (κ3) is 1.54. The van der Waals surface area contributed by atoms with Gasteiger partial charge in [0.25, 0.3) is 0 Å². The standard InChI is InChI=1S/C13H19BrO2/c1-8-11-3-9-2-10(4-11)6-13(8,5-9)16-12(15)7-14/h8-11H,2-7H2,1H3. The third-order valence-electron chi connectivity index (χ3n) is 5.17. The minimum Gasteiger partial charge on any atom is -0.458 e. The topological polar surface area (TPSA) is 26.3 Å². The predicted molar refractivity (Wildman–Crippen MR) is 65.3 cm³/mol. The maximum absolute atomic E-state index is 11.6. The van der Waals surface area contributed by atoms with Crippen LogP contribution < -0.4 is 0 Å². The van der Waals surface area contributed by atoms with Crippen molar-refractivity contribution in [1.82, 2.24) is 0 Å². The SMILES string of the molecule is CC1C2CC3CC(C2)CC1(OC(=O)CBr)C3. The molecule has 4 saturated carbocycles. The van der Waals surface area contributed by atoms with E-state index in [1.165, 1.54) is 19.3 Å². The fourth-order valence-corrected chi connectivity index (χ4v) is 4.76. The number of hydrogen-bond acceptors (Lipinski definition) is 2. The molecule has 3 atom stereocenters. The minimum atomic E-state index is -0.0976. The summed E-state index contributed by atoms with van der Waals surface area (Å²) in [5.41, 5.74) is -0.0976. The minimum absolute atomic E-state index is 0.0752. The molecule has 4 rings (SSSR count). The van der Waals surface area contributed by atoms with Crippen LogP contribution in [0.15, 0.2) is 0 Å². The van der Waals surface area contributed by atoms with Crippen molar-refractivity contribution in [2.45, 2.75) is 44.6 Å². The molecular weight excluding hydrogens is 268 g/mol. The van der Waals surface area contributed by atoms with Crippen LogP contribution >= 0.6 is 15.9 Å². The first-order valence-corrected chi connectivity index (χ1v) is 7.53. The Morgan fingerprint density at radius 3 is 2.50 bits per heavy atom. The van der Waals surface area contributed by atoms with Crippen molar-refractivity contribution in [1.29, 1.82) is 0 Å². The summed E-state index contributed by atoms with van der Waals surface area (Å²) in [6.07, 6.45) is 6.40. The molecule has 0 aromatic carbocycles. The molecule has 3 heteroatoms. The van der Waals surface area contributed by atoms with Gasteiger partial charge in [-0.05, 0) is 55.8 Å². The Hall–Kier alpha value is -0.0500. The Morgan fingerprint density at radius 2 is 1.94 bits per heavy atom. The molecule has 2 nitrogen and oxygen atoms in total. The molecule has 4 aliphatic rings. The van der Waals surface area contributed by atoms with Gasteiger partial charge in [0, 0.05) is 0 Å². The van der Waals surface area contributed by atoms with Crippen molar-refractivity contribution in [3.05, 3.63) is 0 Å². The lowest BCUT2D eigenvalue weighted by atomic mass is 9.50. The van der Waals surface area contributed by atoms with Gasteiger partial charge in [0.1, 0.15) is 10.9 Å². The van der Waals surface area contributed by atoms with Gasteiger partial charge < -0.3 is 4.74 Å². The number of esters is 1. The van der Waals surface area contributed by atoms with Crippen LogP contribution in [-0.4, -0.2) is 16.9 Å². The molecule has 0 amide bonds. The summed E-state index contributed by atoms with van der Waals surface area (Å²) in [6.45, 7) is 2.30. The molecule has 0 saturated heterocycles. The molecule has 0 aromatic heterocycles. The van der Waals surface area contributed by atoms with Gasteiger partial charge in [-0.2, -0.15) is 0 Å². The van der Waals surface area contributed by atoms with Crippen molar-refractivity contribution in [2.24, 2.45) is 23.7 Å². The molecule has 0 N–H and O–H groups in total. The van der Waals surface area contributed by atoms with Crippen LogP contribution in [0.1, 0.15) is 39.0 Å². The van der Waals surface area contributed by atoms with Crippen LogP contribution in [0, 0.1) is 23.7 Å². The zero-order chi connectivity index (χ0) is 11.3. The monoisotopic (exact) mass is 286 g/mol. The first-order valence-electron chi connectivity index (χ1n) is 6.41. The molecule has 0 aliphatic heterocycles.